The van der Waals surface area contributed by atoms with E-state index in [2.05, 4.69) is 25.5 Å². The van der Waals surface area contributed by atoms with Gasteiger partial charge in [0.1, 0.15) is 11.6 Å². The number of guanidine groups is 1. The summed E-state index contributed by atoms with van der Waals surface area (Å²) in [7, 11) is 1.73. The zero-order valence-electron chi connectivity index (χ0n) is 18.5. The second-order valence-corrected chi connectivity index (χ2v) is 8.71. The summed E-state index contributed by atoms with van der Waals surface area (Å²) in [6, 6.07) is 10.9. The second kappa shape index (κ2) is 9.54. The predicted molar refractivity (Wildman–Crippen MR) is 124 cm³/mol. The zero-order valence-corrected chi connectivity index (χ0v) is 18.5. The number of nitrogens with two attached hydrogens (primary N) is 1. The molecule has 1 aliphatic heterocycles. The van der Waals surface area contributed by atoms with Gasteiger partial charge in [-0.15, -0.1) is 0 Å². The first kappa shape index (κ1) is 22.0. The van der Waals surface area contributed by atoms with E-state index in [0.717, 1.165) is 49.2 Å². The summed E-state index contributed by atoms with van der Waals surface area (Å²) >= 11 is 0. The Labute approximate surface area is 188 Å². The van der Waals surface area contributed by atoms with Gasteiger partial charge >= 0.3 is 0 Å². The van der Waals surface area contributed by atoms with Crippen molar-refractivity contribution >= 4 is 17.7 Å². The van der Waals surface area contributed by atoms with E-state index in [1.807, 2.05) is 24.3 Å². The number of hydrogen-bond acceptors (Lipinski definition) is 4. The third-order valence-electron chi connectivity index (χ3n) is 6.55. The number of piperidine rings is 1. The maximum Gasteiger partial charge on any atom is 0.222 e. The molecular weight excluding hydrogens is 407 g/mol. The largest absolute Gasteiger partial charge is 0.369 e. The van der Waals surface area contributed by atoms with Crippen LogP contribution in [0.25, 0.3) is 0 Å². The summed E-state index contributed by atoms with van der Waals surface area (Å²) in [4.78, 5) is 22.7. The lowest BCUT2D eigenvalue weighted by molar-refractivity contribution is -0.122. The van der Waals surface area contributed by atoms with Crippen molar-refractivity contribution in [2.24, 2.45) is 16.6 Å². The quantitative estimate of drug-likeness (QED) is 0.456. The highest BCUT2D eigenvalue weighted by Gasteiger charge is 2.45. The lowest BCUT2D eigenvalue weighted by Crippen LogP contribution is -2.43. The molecule has 0 radical (unpaired) electrons. The van der Waals surface area contributed by atoms with Crippen molar-refractivity contribution in [1.29, 1.82) is 0 Å². The van der Waals surface area contributed by atoms with Crippen LogP contribution in [-0.2, 0) is 16.8 Å². The number of nitrogens with zero attached hydrogens (tertiary/aromatic N) is 3. The Balaban J connectivity index is 1.38. The number of aromatic nitrogens is 1. The molecule has 2 aliphatic rings. The van der Waals surface area contributed by atoms with Gasteiger partial charge in [-0.2, -0.15) is 0 Å². The molecule has 2 fully saturated rings. The average molecular weight is 439 g/mol. The maximum absolute atomic E-state index is 14.3. The fourth-order valence-electron chi connectivity index (χ4n) is 4.49. The van der Waals surface area contributed by atoms with Gasteiger partial charge < -0.3 is 21.3 Å². The van der Waals surface area contributed by atoms with E-state index in [0.29, 0.717) is 25.6 Å². The van der Waals surface area contributed by atoms with E-state index in [1.54, 1.807) is 19.3 Å². The Morgan fingerprint density at radius 1 is 1.28 bits per heavy atom. The molecule has 4 N–H and O–H groups in total. The molecule has 1 aromatic heterocycles. The Bertz CT molecular complexity index is 990. The van der Waals surface area contributed by atoms with Crippen molar-refractivity contribution in [2.75, 3.05) is 31.6 Å². The average Bonchev–Trinajstić information content (AvgIpc) is 3.60. The van der Waals surface area contributed by atoms with E-state index in [4.69, 9.17) is 5.73 Å². The van der Waals surface area contributed by atoms with Crippen LogP contribution in [0.15, 0.2) is 47.6 Å². The molecule has 2 heterocycles. The summed E-state index contributed by atoms with van der Waals surface area (Å²) in [6.45, 7) is 2.61. The van der Waals surface area contributed by atoms with Crippen LogP contribution >= 0.6 is 0 Å². The molecule has 7 nitrogen and oxygen atoms in total. The number of amides is 1. The third kappa shape index (κ3) is 4.84. The first-order chi connectivity index (χ1) is 15.5. The predicted octanol–water partition coefficient (Wildman–Crippen LogP) is 2.32. The molecular formula is C24H31FN6O. The van der Waals surface area contributed by atoms with Crippen LogP contribution < -0.4 is 21.3 Å². The van der Waals surface area contributed by atoms with E-state index < -0.39 is 0 Å². The topological polar surface area (TPSA) is 95.6 Å². The molecule has 0 bridgehead atoms. The number of hydrogen-bond donors (Lipinski definition) is 3. The van der Waals surface area contributed by atoms with Crippen molar-refractivity contribution in [1.82, 2.24) is 15.6 Å². The highest BCUT2D eigenvalue weighted by molar-refractivity contribution is 5.80. The summed E-state index contributed by atoms with van der Waals surface area (Å²) in [5, 5.41) is 6.72. The number of carbonyl (C=O) groups is 1. The van der Waals surface area contributed by atoms with Crippen LogP contribution in [0.5, 0.6) is 0 Å². The SMILES string of the molecule is CN=C(NCc1cccnc1N1CCCC(C(N)=O)C1)NCC1(c2ccccc2F)CC1. The van der Waals surface area contributed by atoms with Crippen molar-refractivity contribution in [2.45, 2.75) is 37.6 Å². The van der Waals surface area contributed by atoms with Gasteiger partial charge in [-0.1, -0.05) is 24.3 Å². The molecule has 170 valence electrons. The fourth-order valence-corrected chi connectivity index (χ4v) is 4.49. The van der Waals surface area contributed by atoms with Gasteiger partial charge in [0.15, 0.2) is 5.96 Å². The van der Waals surface area contributed by atoms with Gasteiger partial charge in [0, 0.05) is 50.4 Å². The maximum atomic E-state index is 14.3. The highest BCUT2D eigenvalue weighted by Crippen LogP contribution is 2.48. The number of benzene rings is 1. The fraction of sp³-hybridized carbons (Fsp3) is 0.458. The number of aliphatic imine (C=N–C) groups is 1. The third-order valence-corrected chi connectivity index (χ3v) is 6.55. The normalized spacial score (nSPS) is 20.0. The number of anilines is 1. The summed E-state index contributed by atoms with van der Waals surface area (Å²) in [6.07, 6.45) is 5.43. The van der Waals surface area contributed by atoms with Gasteiger partial charge in [-0.3, -0.25) is 9.79 Å². The lowest BCUT2D eigenvalue weighted by atomic mass is 9.95. The van der Waals surface area contributed by atoms with Gasteiger partial charge in [-0.25, -0.2) is 9.37 Å². The van der Waals surface area contributed by atoms with Crippen LogP contribution in [0.4, 0.5) is 10.2 Å². The molecule has 4 rings (SSSR count). The van der Waals surface area contributed by atoms with Crippen molar-refractivity contribution < 1.29 is 9.18 Å². The molecule has 0 spiro atoms. The van der Waals surface area contributed by atoms with E-state index in [1.165, 1.54) is 6.07 Å². The minimum atomic E-state index is -0.251. The summed E-state index contributed by atoms with van der Waals surface area (Å²) in [5.74, 6) is 0.987. The molecule has 2 aromatic rings. The summed E-state index contributed by atoms with van der Waals surface area (Å²) in [5.41, 5.74) is 7.17. The molecule has 1 atom stereocenters. The number of halogens is 1. The molecule has 32 heavy (non-hydrogen) atoms. The van der Waals surface area contributed by atoms with Crippen LogP contribution in [0.1, 0.15) is 36.8 Å². The Morgan fingerprint density at radius 3 is 2.81 bits per heavy atom. The molecule has 8 heteroatoms. The number of nitrogens with one attached hydrogen (secondary N) is 2. The number of pyridine rings is 1. The zero-order chi connectivity index (χ0) is 22.6. The Hall–Kier alpha value is -3.16. The lowest BCUT2D eigenvalue weighted by Gasteiger charge is -2.33. The van der Waals surface area contributed by atoms with Crippen molar-refractivity contribution in [3.05, 3.63) is 59.5 Å². The minimum absolute atomic E-state index is 0.144. The molecule has 1 amide bonds. The van der Waals surface area contributed by atoms with Crippen LogP contribution in [0.3, 0.4) is 0 Å². The Kier molecular flexibility index (Phi) is 6.58. The number of primary amides is 1. The van der Waals surface area contributed by atoms with E-state index in [-0.39, 0.29) is 23.1 Å². The molecule has 1 aromatic carbocycles. The molecule has 1 unspecified atom stereocenters. The van der Waals surface area contributed by atoms with Gasteiger partial charge in [-0.05, 0) is 43.4 Å². The minimum Gasteiger partial charge on any atom is -0.369 e. The van der Waals surface area contributed by atoms with Crippen molar-refractivity contribution in [3.63, 3.8) is 0 Å². The van der Waals surface area contributed by atoms with Crippen LogP contribution in [0.2, 0.25) is 0 Å². The van der Waals surface area contributed by atoms with Gasteiger partial charge in [0.25, 0.3) is 0 Å². The van der Waals surface area contributed by atoms with Gasteiger partial charge in [0.05, 0.1) is 5.92 Å². The smallest absolute Gasteiger partial charge is 0.222 e. The van der Waals surface area contributed by atoms with Crippen LogP contribution in [-0.4, -0.2) is 43.5 Å². The highest BCUT2D eigenvalue weighted by atomic mass is 19.1. The summed E-state index contributed by atoms with van der Waals surface area (Å²) < 4.78 is 14.3. The van der Waals surface area contributed by atoms with Gasteiger partial charge in [0.2, 0.25) is 5.91 Å². The van der Waals surface area contributed by atoms with Crippen molar-refractivity contribution in [3.8, 4) is 0 Å². The first-order valence-electron chi connectivity index (χ1n) is 11.2. The molecule has 1 saturated carbocycles. The number of carbonyl (C=O) groups excluding carboxylic acids is 1. The standard InChI is InChI=1S/C24H31FN6O/c1-27-23(30-16-24(10-11-24)19-8-2-3-9-20(19)25)29-14-17-6-4-12-28-22(17)31-13-5-7-18(15-31)21(26)32/h2-4,6,8-9,12,18H,5,7,10-11,13-16H2,1H3,(H2,26,32)(H2,27,29,30). The number of rotatable bonds is 7. The Morgan fingerprint density at radius 2 is 2.09 bits per heavy atom. The first-order valence-corrected chi connectivity index (χ1v) is 11.2. The van der Waals surface area contributed by atoms with E-state index >= 15 is 0 Å². The second-order valence-electron chi connectivity index (χ2n) is 8.71. The molecule has 1 saturated heterocycles. The monoisotopic (exact) mass is 438 g/mol. The van der Waals surface area contributed by atoms with Crippen LogP contribution in [0, 0.1) is 11.7 Å². The van der Waals surface area contributed by atoms with E-state index in [9.17, 15) is 9.18 Å². The molecule has 1 aliphatic carbocycles.